The van der Waals surface area contributed by atoms with E-state index in [2.05, 4.69) is 13.5 Å². The van der Waals surface area contributed by atoms with Crippen LogP contribution in [0, 0.1) is 0 Å². The van der Waals surface area contributed by atoms with Crippen molar-refractivity contribution in [2.75, 3.05) is 19.8 Å². The van der Waals surface area contributed by atoms with Crippen molar-refractivity contribution >= 4 is 5.97 Å². The van der Waals surface area contributed by atoms with E-state index in [9.17, 15) is 9.90 Å². The first-order valence-corrected chi connectivity index (χ1v) is 7.16. The van der Waals surface area contributed by atoms with Crippen LogP contribution in [0.1, 0.15) is 52.4 Å². The highest BCUT2D eigenvalue weighted by Crippen LogP contribution is 2.05. The second-order valence-corrected chi connectivity index (χ2v) is 4.88. The lowest BCUT2D eigenvalue weighted by molar-refractivity contribution is -0.143. The van der Waals surface area contributed by atoms with Crippen molar-refractivity contribution in [1.29, 1.82) is 0 Å². The molecule has 1 N–H and O–H groups in total. The number of carbonyl (C=O) groups excluding carboxylic acids is 1. The van der Waals surface area contributed by atoms with Crippen LogP contribution in [0.4, 0.5) is 0 Å². The summed E-state index contributed by atoms with van der Waals surface area (Å²) in [5, 5.41) is 9.52. The smallest absolute Gasteiger partial charge is 0.333 e. The fourth-order valence-corrected chi connectivity index (χ4v) is 1.55. The second kappa shape index (κ2) is 12.2. The molecule has 19 heavy (non-hydrogen) atoms. The number of aliphatic hydroxyl groups is 1. The Morgan fingerprint density at radius 1 is 1.16 bits per heavy atom. The van der Waals surface area contributed by atoms with E-state index in [0.717, 1.165) is 6.42 Å². The third kappa shape index (κ3) is 11.9. The zero-order chi connectivity index (χ0) is 14.5. The van der Waals surface area contributed by atoms with Gasteiger partial charge in [0.05, 0.1) is 6.61 Å². The molecule has 0 aromatic rings. The van der Waals surface area contributed by atoms with Crippen LogP contribution in [0.25, 0.3) is 0 Å². The van der Waals surface area contributed by atoms with Gasteiger partial charge < -0.3 is 14.6 Å². The Balaban J connectivity index is 3.31. The average molecular weight is 272 g/mol. The van der Waals surface area contributed by atoms with Crippen LogP contribution in [0.5, 0.6) is 0 Å². The van der Waals surface area contributed by atoms with Gasteiger partial charge in [-0.25, -0.2) is 4.79 Å². The highest BCUT2D eigenvalue weighted by atomic mass is 16.5. The Morgan fingerprint density at radius 2 is 1.79 bits per heavy atom. The molecule has 0 rings (SSSR count). The van der Waals surface area contributed by atoms with E-state index in [4.69, 9.17) is 9.47 Å². The summed E-state index contributed by atoms with van der Waals surface area (Å²) in [6.07, 6.45) is 6.51. The molecule has 0 spiro atoms. The third-order valence-corrected chi connectivity index (χ3v) is 2.71. The minimum Gasteiger partial charge on any atom is -0.460 e. The van der Waals surface area contributed by atoms with E-state index in [-0.39, 0.29) is 13.2 Å². The first-order chi connectivity index (χ1) is 9.07. The van der Waals surface area contributed by atoms with Crippen molar-refractivity contribution in [3.63, 3.8) is 0 Å². The number of hydrogen-bond donors (Lipinski definition) is 1. The summed E-state index contributed by atoms with van der Waals surface area (Å²) >= 11 is 0. The molecule has 0 radical (unpaired) electrons. The van der Waals surface area contributed by atoms with Gasteiger partial charge in [-0.1, -0.05) is 45.6 Å². The summed E-state index contributed by atoms with van der Waals surface area (Å²) in [5.74, 6) is -0.477. The van der Waals surface area contributed by atoms with Crippen LogP contribution in [0.15, 0.2) is 12.2 Å². The summed E-state index contributed by atoms with van der Waals surface area (Å²) in [4.78, 5) is 11.1. The van der Waals surface area contributed by atoms with Gasteiger partial charge in [-0.05, 0) is 13.3 Å². The quantitative estimate of drug-likeness (QED) is 0.337. The van der Waals surface area contributed by atoms with E-state index in [1.807, 2.05) is 0 Å². The molecule has 0 saturated carbocycles. The van der Waals surface area contributed by atoms with Crippen LogP contribution in [-0.2, 0) is 14.3 Å². The van der Waals surface area contributed by atoms with Crippen LogP contribution >= 0.6 is 0 Å². The van der Waals surface area contributed by atoms with Crippen molar-refractivity contribution in [3.05, 3.63) is 12.2 Å². The van der Waals surface area contributed by atoms with E-state index < -0.39 is 12.1 Å². The van der Waals surface area contributed by atoms with Crippen molar-refractivity contribution in [3.8, 4) is 0 Å². The predicted octanol–water partition coefficient (Wildman–Crippen LogP) is 2.84. The highest BCUT2D eigenvalue weighted by Gasteiger charge is 2.09. The molecule has 0 aromatic heterocycles. The second-order valence-electron chi connectivity index (χ2n) is 4.88. The van der Waals surface area contributed by atoms with Crippen LogP contribution in [-0.4, -0.2) is 37.0 Å². The van der Waals surface area contributed by atoms with Gasteiger partial charge in [0.2, 0.25) is 0 Å². The molecule has 1 unspecified atom stereocenters. The Hall–Kier alpha value is -0.870. The molecule has 0 aliphatic rings. The normalized spacial score (nSPS) is 12.2. The van der Waals surface area contributed by atoms with Crippen LogP contribution in [0.2, 0.25) is 0 Å². The number of esters is 1. The predicted molar refractivity (Wildman–Crippen MR) is 76.0 cm³/mol. The summed E-state index contributed by atoms with van der Waals surface area (Å²) in [5.41, 5.74) is 0.334. The van der Waals surface area contributed by atoms with Gasteiger partial charge in [-0.3, -0.25) is 0 Å². The zero-order valence-corrected chi connectivity index (χ0v) is 12.3. The number of hydrogen-bond acceptors (Lipinski definition) is 4. The molecule has 0 heterocycles. The van der Waals surface area contributed by atoms with E-state index in [1.165, 1.54) is 32.1 Å². The van der Waals surface area contributed by atoms with Gasteiger partial charge in [0.15, 0.2) is 0 Å². The molecule has 4 heteroatoms. The lowest BCUT2D eigenvalue weighted by atomic mass is 10.1. The molecule has 0 fully saturated rings. The number of ether oxygens (including phenoxy) is 2. The molecule has 0 saturated heterocycles. The fourth-order valence-electron chi connectivity index (χ4n) is 1.55. The molecule has 4 nitrogen and oxygen atoms in total. The van der Waals surface area contributed by atoms with Crippen molar-refractivity contribution in [2.24, 2.45) is 0 Å². The molecule has 0 aliphatic heterocycles. The van der Waals surface area contributed by atoms with Crippen LogP contribution in [0.3, 0.4) is 0 Å². The van der Waals surface area contributed by atoms with Gasteiger partial charge in [-0.2, -0.15) is 0 Å². The maximum absolute atomic E-state index is 11.1. The minimum absolute atomic E-state index is 0.0395. The number of aliphatic hydroxyl groups excluding tert-OH is 1. The SMILES string of the molecule is C=C(C)C(=O)OCC(O)COCCCCCCCC. The van der Waals surface area contributed by atoms with Gasteiger partial charge >= 0.3 is 5.97 Å². The Labute approximate surface area is 116 Å². The molecular weight excluding hydrogens is 244 g/mol. The summed E-state index contributed by atoms with van der Waals surface area (Å²) < 4.78 is 10.2. The van der Waals surface area contributed by atoms with Crippen molar-refractivity contribution < 1.29 is 19.4 Å². The highest BCUT2D eigenvalue weighted by molar-refractivity contribution is 5.86. The summed E-state index contributed by atoms with van der Waals surface area (Å²) in [7, 11) is 0. The first-order valence-electron chi connectivity index (χ1n) is 7.16. The van der Waals surface area contributed by atoms with E-state index >= 15 is 0 Å². The summed E-state index contributed by atoms with van der Waals surface area (Å²) in [6, 6.07) is 0. The molecule has 0 aromatic carbocycles. The van der Waals surface area contributed by atoms with Gasteiger partial charge in [0.1, 0.15) is 12.7 Å². The van der Waals surface area contributed by atoms with E-state index in [1.54, 1.807) is 6.92 Å². The molecule has 112 valence electrons. The monoisotopic (exact) mass is 272 g/mol. The molecular formula is C15H28O4. The number of unbranched alkanes of at least 4 members (excludes halogenated alkanes) is 5. The number of rotatable bonds is 12. The van der Waals surface area contributed by atoms with Crippen molar-refractivity contribution in [2.45, 2.75) is 58.5 Å². The lowest BCUT2D eigenvalue weighted by Crippen LogP contribution is -2.24. The Bertz CT molecular complexity index is 251. The van der Waals surface area contributed by atoms with Gasteiger partial charge in [-0.15, -0.1) is 0 Å². The topological polar surface area (TPSA) is 55.8 Å². The molecule has 0 bridgehead atoms. The largest absolute Gasteiger partial charge is 0.460 e. The van der Waals surface area contributed by atoms with Gasteiger partial charge in [0, 0.05) is 12.2 Å². The first kappa shape index (κ1) is 18.1. The Morgan fingerprint density at radius 3 is 2.42 bits per heavy atom. The standard InChI is InChI=1S/C15H28O4/c1-4-5-6-7-8-9-10-18-11-14(16)12-19-15(17)13(2)3/h14,16H,2,4-12H2,1,3H3. The molecule has 1 atom stereocenters. The summed E-state index contributed by atoms with van der Waals surface area (Å²) in [6.45, 7) is 8.05. The Kier molecular flexibility index (Phi) is 11.6. The maximum atomic E-state index is 11.1. The van der Waals surface area contributed by atoms with E-state index in [0.29, 0.717) is 12.2 Å². The van der Waals surface area contributed by atoms with Crippen LogP contribution < -0.4 is 0 Å². The number of carbonyl (C=O) groups is 1. The molecule has 0 aliphatic carbocycles. The van der Waals surface area contributed by atoms with Gasteiger partial charge in [0.25, 0.3) is 0 Å². The zero-order valence-electron chi connectivity index (χ0n) is 12.3. The average Bonchev–Trinajstić information content (AvgIpc) is 2.38. The lowest BCUT2D eigenvalue weighted by Gasteiger charge is -2.11. The fraction of sp³-hybridized carbons (Fsp3) is 0.800. The third-order valence-electron chi connectivity index (χ3n) is 2.71. The minimum atomic E-state index is -0.761. The molecule has 0 amide bonds. The maximum Gasteiger partial charge on any atom is 0.333 e. The van der Waals surface area contributed by atoms with Crippen molar-refractivity contribution in [1.82, 2.24) is 0 Å².